The summed E-state index contributed by atoms with van der Waals surface area (Å²) in [5, 5.41) is 0. The van der Waals surface area contributed by atoms with Gasteiger partial charge in [-0.25, -0.2) is 4.98 Å². The normalized spacial score (nSPS) is 17.1. The van der Waals surface area contributed by atoms with Crippen LogP contribution < -0.4 is 0 Å². The van der Waals surface area contributed by atoms with E-state index in [9.17, 15) is 4.79 Å². The Morgan fingerprint density at radius 3 is 2.72 bits per heavy atom. The first-order valence-corrected chi connectivity index (χ1v) is 6.94. The van der Waals surface area contributed by atoms with Crippen LogP contribution in [0.1, 0.15) is 38.4 Å². The zero-order chi connectivity index (χ0) is 13.0. The van der Waals surface area contributed by atoms with E-state index in [4.69, 9.17) is 0 Å². The lowest BCUT2D eigenvalue weighted by Gasteiger charge is -2.31. The number of rotatable bonds is 4. The Balaban J connectivity index is 1.77. The van der Waals surface area contributed by atoms with E-state index in [1.54, 1.807) is 6.20 Å². The summed E-state index contributed by atoms with van der Waals surface area (Å²) < 4.78 is 1.98. The molecule has 1 aromatic heterocycles. The molecular weight excluding hydrogens is 226 g/mol. The van der Waals surface area contributed by atoms with Crippen LogP contribution in [0, 0.1) is 5.92 Å². The van der Waals surface area contributed by atoms with Gasteiger partial charge in [-0.2, -0.15) is 0 Å². The molecule has 1 saturated heterocycles. The highest BCUT2D eigenvalue weighted by molar-refractivity contribution is 5.76. The van der Waals surface area contributed by atoms with Crippen LogP contribution in [0.2, 0.25) is 0 Å². The first-order valence-electron chi connectivity index (χ1n) is 6.94. The van der Waals surface area contributed by atoms with E-state index in [2.05, 4.69) is 11.9 Å². The molecule has 2 heterocycles. The quantitative estimate of drug-likeness (QED) is 0.818. The molecule has 0 radical (unpaired) electrons. The van der Waals surface area contributed by atoms with Crippen LogP contribution in [0.3, 0.4) is 0 Å². The fourth-order valence-corrected chi connectivity index (χ4v) is 2.60. The zero-order valence-corrected chi connectivity index (χ0v) is 11.4. The molecule has 1 aliphatic heterocycles. The Kier molecular flexibility index (Phi) is 4.39. The lowest BCUT2D eigenvalue weighted by molar-refractivity contribution is -0.132. The number of carbonyl (C=O) groups excluding carboxylic acids is 1. The summed E-state index contributed by atoms with van der Waals surface area (Å²) in [6.45, 7) is 4.12. The van der Waals surface area contributed by atoms with E-state index in [0.29, 0.717) is 6.42 Å². The number of hydrogen-bond acceptors (Lipinski definition) is 2. The van der Waals surface area contributed by atoms with Gasteiger partial charge in [0, 0.05) is 45.4 Å². The third-order valence-corrected chi connectivity index (χ3v) is 4.03. The molecule has 0 spiro atoms. The minimum absolute atomic E-state index is 0.285. The largest absolute Gasteiger partial charge is 0.343 e. The molecule has 0 saturated carbocycles. The van der Waals surface area contributed by atoms with Crippen LogP contribution in [-0.4, -0.2) is 33.4 Å². The molecule has 1 fully saturated rings. The van der Waals surface area contributed by atoms with Crippen LogP contribution >= 0.6 is 0 Å². The van der Waals surface area contributed by atoms with E-state index >= 15 is 0 Å². The van der Waals surface area contributed by atoms with Crippen LogP contribution in [-0.2, 0) is 18.3 Å². The van der Waals surface area contributed by atoms with Crippen molar-refractivity contribution in [3.8, 4) is 0 Å². The van der Waals surface area contributed by atoms with Crippen molar-refractivity contribution in [2.24, 2.45) is 13.0 Å². The van der Waals surface area contributed by atoms with Crippen molar-refractivity contribution in [3.05, 3.63) is 18.2 Å². The van der Waals surface area contributed by atoms with Gasteiger partial charge in [-0.05, 0) is 18.8 Å². The molecule has 4 heteroatoms. The number of likely N-dealkylation sites (tertiary alicyclic amines) is 1. The molecule has 0 aromatic carbocycles. The van der Waals surface area contributed by atoms with Crippen LogP contribution in [0.4, 0.5) is 0 Å². The molecule has 0 atom stereocenters. The average Bonchev–Trinajstić information content (AvgIpc) is 2.81. The van der Waals surface area contributed by atoms with Gasteiger partial charge in [0.2, 0.25) is 5.91 Å². The lowest BCUT2D eigenvalue weighted by Crippen LogP contribution is -2.38. The summed E-state index contributed by atoms with van der Waals surface area (Å²) in [6, 6.07) is 0. The van der Waals surface area contributed by atoms with E-state index in [1.165, 1.54) is 19.3 Å². The van der Waals surface area contributed by atoms with Gasteiger partial charge in [-0.15, -0.1) is 0 Å². The first kappa shape index (κ1) is 13.1. The molecule has 0 aliphatic carbocycles. The van der Waals surface area contributed by atoms with Crippen molar-refractivity contribution in [1.29, 1.82) is 0 Å². The van der Waals surface area contributed by atoms with E-state index in [0.717, 1.165) is 31.3 Å². The highest BCUT2D eigenvalue weighted by Crippen LogP contribution is 2.20. The Labute approximate surface area is 109 Å². The second-order valence-electron chi connectivity index (χ2n) is 5.19. The van der Waals surface area contributed by atoms with Crippen molar-refractivity contribution >= 4 is 5.91 Å². The second kappa shape index (κ2) is 6.03. The fraction of sp³-hybridized carbons (Fsp3) is 0.714. The summed E-state index contributed by atoms with van der Waals surface area (Å²) in [5.41, 5.74) is 0. The third kappa shape index (κ3) is 3.12. The second-order valence-corrected chi connectivity index (χ2v) is 5.19. The van der Waals surface area contributed by atoms with E-state index < -0.39 is 0 Å². The standard InChI is InChI=1S/C14H23N3O/c1-3-12-6-9-17(10-7-12)14(18)5-4-13-15-8-11-16(13)2/h8,11-12H,3-7,9-10H2,1-2H3. The maximum absolute atomic E-state index is 12.1. The van der Waals surface area contributed by atoms with Gasteiger partial charge in [0.05, 0.1) is 0 Å². The maximum Gasteiger partial charge on any atom is 0.223 e. The van der Waals surface area contributed by atoms with Gasteiger partial charge < -0.3 is 9.47 Å². The minimum Gasteiger partial charge on any atom is -0.343 e. The van der Waals surface area contributed by atoms with Crippen molar-refractivity contribution in [2.75, 3.05) is 13.1 Å². The monoisotopic (exact) mass is 249 g/mol. The smallest absolute Gasteiger partial charge is 0.223 e. The number of aryl methyl sites for hydroxylation is 2. The molecular formula is C14H23N3O. The van der Waals surface area contributed by atoms with Crippen molar-refractivity contribution < 1.29 is 4.79 Å². The van der Waals surface area contributed by atoms with Crippen molar-refractivity contribution in [3.63, 3.8) is 0 Å². The molecule has 0 bridgehead atoms. The van der Waals surface area contributed by atoms with Crippen LogP contribution in [0.5, 0.6) is 0 Å². The molecule has 1 aromatic rings. The molecule has 1 amide bonds. The van der Waals surface area contributed by atoms with E-state index in [1.807, 2.05) is 22.7 Å². The fourth-order valence-electron chi connectivity index (χ4n) is 2.60. The lowest BCUT2D eigenvalue weighted by atomic mass is 9.94. The average molecular weight is 249 g/mol. The van der Waals surface area contributed by atoms with Crippen molar-refractivity contribution in [2.45, 2.75) is 39.0 Å². The molecule has 18 heavy (non-hydrogen) atoms. The highest BCUT2D eigenvalue weighted by atomic mass is 16.2. The SMILES string of the molecule is CCC1CCN(C(=O)CCc2nccn2C)CC1. The molecule has 100 valence electrons. The number of nitrogens with zero attached hydrogens (tertiary/aromatic N) is 3. The number of piperidine rings is 1. The van der Waals surface area contributed by atoms with Gasteiger partial charge in [0.15, 0.2) is 0 Å². The summed E-state index contributed by atoms with van der Waals surface area (Å²) in [5.74, 6) is 2.10. The molecule has 4 nitrogen and oxygen atoms in total. The van der Waals surface area contributed by atoms with Gasteiger partial charge >= 0.3 is 0 Å². The maximum atomic E-state index is 12.1. The topological polar surface area (TPSA) is 38.1 Å². The number of amides is 1. The van der Waals surface area contributed by atoms with Gasteiger partial charge in [-0.1, -0.05) is 13.3 Å². The number of aromatic nitrogens is 2. The van der Waals surface area contributed by atoms with Crippen LogP contribution in [0.15, 0.2) is 12.4 Å². The van der Waals surface area contributed by atoms with Crippen molar-refractivity contribution in [1.82, 2.24) is 14.5 Å². The Morgan fingerprint density at radius 1 is 1.44 bits per heavy atom. The molecule has 2 rings (SSSR count). The number of hydrogen-bond donors (Lipinski definition) is 0. The Morgan fingerprint density at radius 2 is 2.17 bits per heavy atom. The first-order chi connectivity index (χ1) is 8.70. The van der Waals surface area contributed by atoms with Gasteiger partial charge in [0.1, 0.15) is 5.82 Å². The summed E-state index contributed by atoms with van der Waals surface area (Å²) >= 11 is 0. The molecule has 0 unspecified atom stereocenters. The van der Waals surface area contributed by atoms with Gasteiger partial charge in [0.25, 0.3) is 0 Å². The number of carbonyl (C=O) groups is 1. The number of imidazole rings is 1. The zero-order valence-electron chi connectivity index (χ0n) is 11.4. The molecule has 0 N–H and O–H groups in total. The highest BCUT2D eigenvalue weighted by Gasteiger charge is 2.21. The van der Waals surface area contributed by atoms with Gasteiger partial charge in [-0.3, -0.25) is 4.79 Å². The third-order valence-electron chi connectivity index (χ3n) is 4.03. The molecule has 1 aliphatic rings. The summed E-state index contributed by atoms with van der Waals surface area (Å²) in [4.78, 5) is 18.4. The van der Waals surface area contributed by atoms with E-state index in [-0.39, 0.29) is 5.91 Å². The van der Waals surface area contributed by atoms with Crippen LogP contribution in [0.25, 0.3) is 0 Å². The predicted molar refractivity (Wildman–Crippen MR) is 71.1 cm³/mol. The predicted octanol–water partition coefficient (Wildman–Crippen LogP) is 2.00. The summed E-state index contributed by atoms with van der Waals surface area (Å²) in [6.07, 6.45) is 8.63. The Hall–Kier alpha value is -1.32. The summed E-state index contributed by atoms with van der Waals surface area (Å²) in [7, 11) is 1.97. The Bertz CT molecular complexity index is 391. The minimum atomic E-state index is 0.285.